The van der Waals surface area contributed by atoms with Gasteiger partial charge >= 0.3 is 5.69 Å². The molecule has 2 heterocycles. The van der Waals surface area contributed by atoms with Gasteiger partial charge in [-0.15, -0.1) is 0 Å². The number of aliphatic hydroxyl groups excluding tert-OH is 2. The largest absolute Gasteiger partial charge is 0.395 e. The van der Waals surface area contributed by atoms with E-state index in [4.69, 9.17) is 5.11 Å². The molecule has 4 N–H and O–H groups in total. The topological polar surface area (TPSA) is 107 Å². The summed E-state index contributed by atoms with van der Waals surface area (Å²) in [6, 6.07) is -0.598. The van der Waals surface area contributed by atoms with Crippen molar-refractivity contribution in [1.82, 2.24) is 14.9 Å². The molecule has 1 aromatic rings. The highest BCUT2D eigenvalue weighted by atomic mass is 127. The molecule has 1 aliphatic heterocycles. The molecule has 0 bridgehead atoms. The minimum absolute atomic E-state index is 0.147. The van der Waals surface area contributed by atoms with Gasteiger partial charge in [-0.3, -0.25) is 14.3 Å². The molecular weight excluding hydrogens is 353 g/mol. The van der Waals surface area contributed by atoms with Crippen molar-refractivity contribution in [3.63, 3.8) is 0 Å². The smallest absolute Gasteiger partial charge is 0.328 e. The molecular formula is C10H14IN3O4. The Morgan fingerprint density at radius 3 is 2.83 bits per heavy atom. The summed E-state index contributed by atoms with van der Waals surface area (Å²) in [6.07, 6.45) is 1.13. The van der Waals surface area contributed by atoms with Gasteiger partial charge in [0.2, 0.25) is 0 Å². The Hall–Kier alpha value is -0.710. The zero-order valence-electron chi connectivity index (χ0n) is 9.47. The van der Waals surface area contributed by atoms with E-state index in [1.165, 1.54) is 10.8 Å². The zero-order valence-corrected chi connectivity index (χ0v) is 11.6. The summed E-state index contributed by atoms with van der Waals surface area (Å²) < 4.78 is 1.83. The SMILES string of the molecule is O=c1[nH]c(=O)n([C@@H]2CN[C@H](CO)[C@@H](O)C2)cc1I. The lowest BCUT2D eigenvalue weighted by Crippen LogP contribution is -2.52. The van der Waals surface area contributed by atoms with Crippen LogP contribution < -0.4 is 16.6 Å². The first kappa shape index (κ1) is 13.7. The number of nitrogens with one attached hydrogen (secondary N) is 2. The minimum atomic E-state index is -0.717. The summed E-state index contributed by atoms with van der Waals surface area (Å²) in [6.45, 7) is 0.316. The molecule has 2 rings (SSSR count). The minimum Gasteiger partial charge on any atom is -0.395 e. The number of hydrogen-bond acceptors (Lipinski definition) is 5. The van der Waals surface area contributed by atoms with Crippen LogP contribution in [-0.2, 0) is 0 Å². The van der Waals surface area contributed by atoms with Crippen molar-refractivity contribution in [2.45, 2.75) is 24.6 Å². The van der Waals surface area contributed by atoms with Crippen LogP contribution in [-0.4, -0.2) is 45.1 Å². The standard InChI is InChI=1S/C10H14IN3O4/c11-6-3-14(10(18)13-9(6)17)5-1-8(16)7(4-15)12-2-5/h3,5,7-8,12,15-16H,1-2,4H2,(H,13,17,18)/t5-,7+,8-/m0/s1. The van der Waals surface area contributed by atoms with E-state index in [0.717, 1.165) is 0 Å². The molecule has 3 atom stereocenters. The maximum atomic E-state index is 11.7. The number of aromatic amines is 1. The third kappa shape index (κ3) is 2.66. The van der Waals surface area contributed by atoms with E-state index >= 15 is 0 Å². The van der Waals surface area contributed by atoms with Crippen molar-refractivity contribution >= 4 is 22.6 Å². The molecule has 1 aromatic heterocycles. The van der Waals surface area contributed by atoms with E-state index in [-0.39, 0.29) is 18.7 Å². The Morgan fingerprint density at radius 2 is 2.22 bits per heavy atom. The van der Waals surface area contributed by atoms with Crippen LogP contribution in [0.2, 0.25) is 0 Å². The van der Waals surface area contributed by atoms with E-state index in [1.807, 2.05) is 22.6 Å². The van der Waals surface area contributed by atoms with E-state index in [9.17, 15) is 14.7 Å². The first-order chi connectivity index (χ1) is 8.52. The third-order valence-corrected chi connectivity index (χ3v) is 3.88. The van der Waals surface area contributed by atoms with Gasteiger partial charge in [-0.2, -0.15) is 0 Å². The number of aliphatic hydroxyl groups is 2. The summed E-state index contributed by atoms with van der Waals surface area (Å²) in [5.74, 6) is 0. The van der Waals surface area contributed by atoms with E-state index in [2.05, 4.69) is 10.3 Å². The van der Waals surface area contributed by atoms with Crippen LogP contribution in [0.1, 0.15) is 12.5 Å². The Kier molecular flexibility index (Phi) is 4.20. The predicted octanol–water partition coefficient (Wildman–Crippen LogP) is -1.60. The van der Waals surface area contributed by atoms with Gasteiger partial charge in [-0.05, 0) is 29.0 Å². The maximum Gasteiger partial charge on any atom is 0.328 e. The molecule has 0 saturated carbocycles. The molecule has 0 amide bonds. The lowest BCUT2D eigenvalue weighted by molar-refractivity contribution is 0.0455. The highest BCUT2D eigenvalue weighted by Crippen LogP contribution is 2.18. The Morgan fingerprint density at radius 1 is 1.50 bits per heavy atom. The number of nitrogens with zero attached hydrogens (tertiary/aromatic N) is 1. The van der Waals surface area contributed by atoms with Crippen molar-refractivity contribution in [1.29, 1.82) is 0 Å². The highest BCUT2D eigenvalue weighted by Gasteiger charge is 2.29. The number of rotatable bonds is 2. The maximum absolute atomic E-state index is 11.7. The zero-order chi connectivity index (χ0) is 13.3. The van der Waals surface area contributed by atoms with Crippen LogP contribution in [0.25, 0.3) is 0 Å². The van der Waals surface area contributed by atoms with Gasteiger partial charge < -0.3 is 15.5 Å². The Labute approximate surface area is 116 Å². The Balaban J connectivity index is 2.26. The van der Waals surface area contributed by atoms with Crippen molar-refractivity contribution in [3.8, 4) is 0 Å². The van der Waals surface area contributed by atoms with Crippen molar-refractivity contribution in [2.75, 3.05) is 13.2 Å². The van der Waals surface area contributed by atoms with Crippen molar-refractivity contribution in [3.05, 3.63) is 30.6 Å². The van der Waals surface area contributed by atoms with Crippen LogP contribution in [0, 0.1) is 3.57 Å². The van der Waals surface area contributed by atoms with Gasteiger partial charge in [-0.1, -0.05) is 0 Å². The number of piperidine rings is 1. The molecule has 1 saturated heterocycles. The van der Waals surface area contributed by atoms with Gasteiger partial charge in [0.25, 0.3) is 5.56 Å². The molecule has 7 nitrogen and oxygen atoms in total. The molecule has 0 aliphatic carbocycles. The van der Waals surface area contributed by atoms with Crippen LogP contribution >= 0.6 is 22.6 Å². The first-order valence-electron chi connectivity index (χ1n) is 5.56. The van der Waals surface area contributed by atoms with Gasteiger partial charge in [-0.25, -0.2) is 4.79 Å². The lowest BCUT2D eigenvalue weighted by atomic mass is 9.98. The molecule has 8 heteroatoms. The Bertz CT molecular complexity index is 541. The summed E-state index contributed by atoms with van der Waals surface area (Å²) in [4.78, 5) is 25.2. The third-order valence-electron chi connectivity index (χ3n) is 3.11. The fraction of sp³-hybridized carbons (Fsp3) is 0.600. The molecule has 0 aromatic carbocycles. The summed E-state index contributed by atoms with van der Waals surface area (Å²) >= 11 is 1.85. The number of halogens is 1. The van der Waals surface area contributed by atoms with Gasteiger partial charge in [0, 0.05) is 12.7 Å². The van der Waals surface area contributed by atoms with Crippen molar-refractivity contribution < 1.29 is 10.2 Å². The number of hydrogen-bond donors (Lipinski definition) is 4. The molecule has 0 unspecified atom stereocenters. The van der Waals surface area contributed by atoms with Crippen LogP contribution in [0.4, 0.5) is 0 Å². The summed E-state index contributed by atoms with van der Waals surface area (Å²) in [7, 11) is 0. The molecule has 100 valence electrons. The number of H-pyrrole nitrogens is 1. The van der Waals surface area contributed by atoms with Crippen LogP contribution in [0.15, 0.2) is 15.8 Å². The molecule has 18 heavy (non-hydrogen) atoms. The predicted molar refractivity (Wildman–Crippen MR) is 72.6 cm³/mol. The second-order valence-electron chi connectivity index (χ2n) is 4.30. The molecule has 0 radical (unpaired) electrons. The summed E-state index contributed by atoms with van der Waals surface area (Å²) in [5, 5.41) is 21.8. The fourth-order valence-corrected chi connectivity index (χ4v) is 2.51. The average Bonchev–Trinajstić information content (AvgIpc) is 2.33. The second-order valence-corrected chi connectivity index (χ2v) is 5.46. The van der Waals surface area contributed by atoms with Gasteiger partial charge in [0.15, 0.2) is 0 Å². The van der Waals surface area contributed by atoms with Gasteiger partial charge in [0.1, 0.15) is 0 Å². The monoisotopic (exact) mass is 367 g/mol. The second kappa shape index (κ2) is 5.51. The van der Waals surface area contributed by atoms with Crippen molar-refractivity contribution in [2.24, 2.45) is 0 Å². The van der Waals surface area contributed by atoms with Gasteiger partial charge in [0.05, 0.1) is 28.4 Å². The highest BCUT2D eigenvalue weighted by molar-refractivity contribution is 14.1. The fourth-order valence-electron chi connectivity index (χ4n) is 2.08. The normalized spacial score (nSPS) is 28.3. The summed E-state index contributed by atoms with van der Waals surface area (Å²) in [5.41, 5.74) is -0.892. The van der Waals surface area contributed by atoms with E-state index in [0.29, 0.717) is 16.5 Å². The van der Waals surface area contributed by atoms with E-state index < -0.39 is 17.4 Å². The average molecular weight is 367 g/mol. The van der Waals surface area contributed by atoms with E-state index in [1.54, 1.807) is 0 Å². The molecule has 1 fully saturated rings. The molecule has 1 aliphatic rings. The quantitative estimate of drug-likeness (QED) is 0.471. The number of aromatic nitrogens is 2. The van der Waals surface area contributed by atoms with Crippen LogP contribution in [0.5, 0.6) is 0 Å². The first-order valence-corrected chi connectivity index (χ1v) is 6.64. The lowest BCUT2D eigenvalue weighted by Gasteiger charge is -2.33. The molecule has 0 spiro atoms. The van der Waals surface area contributed by atoms with Crippen LogP contribution in [0.3, 0.4) is 0 Å².